The maximum absolute atomic E-state index is 10.8. The zero-order valence-electron chi connectivity index (χ0n) is 8.66. The van der Waals surface area contributed by atoms with Crippen molar-refractivity contribution < 1.29 is 9.90 Å². The Morgan fingerprint density at radius 1 is 1.25 bits per heavy atom. The summed E-state index contributed by atoms with van der Waals surface area (Å²) in [5.41, 5.74) is 0.589. The average Bonchev–Trinajstić information content (AvgIpc) is 2.67. The molecule has 0 aromatic heterocycles. The van der Waals surface area contributed by atoms with Crippen molar-refractivity contribution >= 4 is 5.97 Å². The highest BCUT2D eigenvalue weighted by molar-refractivity contribution is 5.69. The predicted molar refractivity (Wildman–Crippen MR) is 54.8 cm³/mol. The van der Waals surface area contributed by atoms with Crippen molar-refractivity contribution in [1.82, 2.24) is 0 Å². The summed E-state index contributed by atoms with van der Waals surface area (Å²) in [5, 5.41) is 23.3. The van der Waals surface area contributed by atoms with E-state index in [2.05, 4.69) is 20.7 Å². The molecule has 16 heavy (non-hydrogen) atoms. The van der Waals surface area contributed by atoms with Gasteiger partial charge in [-0.15, -0.1) is 10.2 Å². The predicted octanol–water partition coefficient (Wildman–Crippen LogP) is 2.46. The number of hydrogen-bond acceptors (Lipinski definition) is 5. The topological polar surface area (TPSA) is 86.7 Å². The molecule has 2 rings (SSSR count). The highest BCUT2D eigenvalue weighted by Crippen LogP contribution is 2.35. The number of carboxylic acid groups (broad SMARTS) is 1. The van der Waals surface area contributed by atoms with Crippen LogP contribution in [0, 0.1) is 6.92 Å². The van der Waals surface area contributed by atoms with Gasteiger partial charge >= 0.3 is 5.97 Å². The van der Waals surface area contributed by atoms with Crippen molar-refractivity contribution in [3.8, 4) is 0 Å². The number of carboxylic acids is 1. The molecule has 0 fully saturated rings. The van der Waals surface area contributed by atoms with Crippen LogP contribution in [0.15, 0.2) is 44.9 Å². The van der Waals surface area contributed by atoms with Crippen molar-refractivity contribution in [2.24, 2.45) is 20.7 Å². The minimum atomic E-state index is -1.18. The van der Waals surface area contributed by atoms with E-state index in [-0.39, 0.29) is 6.42 Å². The summed E-state index contributed by atoms with van der Waals surface area (Å²) in [6.45, 7) is 1.95. The molecular formula is C10H10N4O2. The quantitative estimate of drug-likeness (QED) is 0.844. The largest absolute Gasteiger partial charge is 0.481 e. The van der Waals surface area contributed by atoms with Crippen LogP contribution in [0.2, 0.25) is 0 Å². The van der Waals surface area contributed by atoms with Gasteiger partial charge in [0, 0.05) is 5.56 Å². The van der Waals surface area contributed by atoms with Crippen LogP contribution in [0.5, 0.6) is 0 Å². The van der Waals surface area contributed by atoms with Gasteiger partial charge in [-0.05, 0) is 17.4 Å². The summed E-state index contributed by atoms with van der Waals surface area (Å²) < 4.78 is 0. The Labute approximate surface area is 91.7 Å². The molecule has 1 N–H and O–H groups in total. The molecule has 1 aliphatic heterocycles. The lowest BCUT2D eigenvalue weighted by atomic mass is 9.97. The lowest BCUT2D eigenvalue weighted by Gasteiger charge is -2.17. The van der Waals surface area contributed by atoms with Gasteiger partial charge in [0.1, 0.15) is 0 Å². The highest BCUT2D eigenvalue weighted by atomic mass is 16.4. The minimum Gasteiger partial charge on any atom is -0.481 e. The van der Waals surface area contributed by atoms with Gasteiger partial charge < -0.3 is 5.11 Å². The average molecular weight is 218 g/mol. The second-order valence-corrected chi connectivity index (χ2v) is 3.63. The number of nitrogens with zero attached hydrogens (tertiary/aromatic N) is 4. The molecule has 0 unspecified atom stereocenters. The van der Waals surface area contributed by atoms with Crippen molar-refractivity contribution in [2.75, 3.05) is 0 Å². The lowest BCUT2D eigenvalue weighted by Crippen LogP contribution is -2.22. The van der Waals surface area contributed by atoms with Gasteiger partial charge in [0.15, 0.2) is 0 Å². The van der Waals surface area contributed by atoms with E-state index in [0.717, 1.165) is 5.56 Å². The Bertz CT molecular complexity index is 452. The van der Waals surface area contributed by atoms with Crippen LogP contribution in [0.4, 0.5) is 0 Å². The fourth-order valence-electron chi connectivity index (χ4n) is 1.53. The molecular weight excluding hydrogens is 208 g/mol. The molecule has 0 radical (unpaired) electrons. The third-order valence-electron chi connectivity index (χ3n) is 2.37. The molecule has 6 heteroatoms. The van der Waals surface area contributed by atoms with E-state index in [1.54, 1.807) is 12.1 Å². The summed E-state index contributed by atoms with van der Waals surface area (Å²) in [6.07, 6.45) is -0.247. The number of aryl methyl sites for hydroxylation is 1. The van der Waals surface area contributed by atoms with Crippen molar-refractivity contribution in [3.63, 3.8) is 0 Å². The van der Waals surface area contributed by atoms with Crippen LogP contribution < -0.4 is 0 Å². The Morgan fingerprint density at radius 2 is 1.81 bits per heavy atom. The molecule has 0 aliphatic carbocycles. The Kier molecular flexibility index (Phi) is 2.47. The first kappa shape index (κ1) is 10.4. The first-order valence-corrected chi connectivity index (χ1v) is 4.75. The monoisotopic (exact) mass is 218 g/mol. The molecule has 1 aromatic rings. The second kappa shape index (κ2) is 3.80. The maximum atomic E-state index is 10.8. The van der Waals surface area contributed by atoms with Crippen LogP contribution in [0.1, 0.15) is 17.5 Å². The molecule has 0 amide bonds. The molecule has 82 valence electrons. The molecule has 0 saturated carbocycles. The summed E-state index contributed by atoms with van der Waals surface area (Å²) in [5.74, 6) is -0.986. The standard InChI is InChI=1S/C10H10N4O2/c1-7-2-4-8(5-3-7)10(6-9(15)16)11-13-14-12-10/h2-5H,6H2,1H3,(H,15,16). The molecule has 1 aliphatic rings. The highest BCUT2D eigenvalue weighted by Gasteiger charge is 2.38. The zero-order valence-corrected chi connectivity index (χ0v) is 8.66. The van der Waals surface area contributed by atoms with Crippen molar-refractivity contribution in [2.45, 2.75) is 19.0 Å². The van der Waals surface area contributed by atoms with Crippen LogP contribution >= 0.6 is 0 Å². The van der Waals surface area contributed by atoms with Crippen LogP contribution in [0.25, 0.3) is 0 Å². The fraction of sp³-hybridized carbons (Fsp3) is 0.300. The van der Waals surface area contributed by atoms with Gasteiger partial charge in [0.25, 0.3) is 0 Å². The maximum Gasteiger partial charge on any atom is 0.308 e. The molecule has 1 heterocycles. The molecule has 0 atom stereocenters. The van der Waals surface area contributed by atoms with Crippen LogP contribution in [-0.4, -0.2) is 11.1 Å². The van der Waals surface area contributed by atoms with Crippen molar-refractivity contribution in [1.29, 1.82) is 0 Å². The van der Waals surface area contributed by atoms with Gasteiger partial charge in [-0.3, -0.25) is 4.79 Å². The minimum absolute atomic E-state index is 0.247. The number of benzene rings is 1. The lowest BCUT2D eigenvalue weighted by molar-refractivity contribution is -0.138. The number of aliphatic carboxylic acids is 1. The normalized spacial score (nSPS) is 16.6. The summed E-state index contributed by atoms with van der Waals surface area (Å²) in [4.78, 5) is 10.8. The van der Waals surface area contributed by atoms with E-state index in [9.17, 15) is 4.79 Å². The number of carbonyl (C=O) groups is 1. The van der Waals surface area contributed by atoms with E-state index < -0.39 is 11.6 Å². The van der Waals surface area contributed by atoms with Gasteiger partial charge in [-0.1, -0.05) is 29.8 Å². The fourth-order valence-corrected chi connectivity index (χ4v) is 1.53. The molecule has 6 nitrogen and oxygen atoms in total. The Hall–Kier alpha value is -2.11. The van der Waals surface area contributed by atoms with Gasteiger partial charge in [-0.25, -0.2) is 0 Å². The summed E-state index contributed by atoms with van der Waals surface area (Å²) >= 11 is 0. The van der Waals surface area contributed by atoms with E-state index in [0.29, 0.717) is 5.56 Å². The number of rotatable bonds is 3. The van der Waals surface area contributed by atoms with Crippen molar-refractivity contribution in [3.05, 3.63) is 35.4 Å². The van der Waals surface area contributed by atoms with Crippen LogP contribution in [0.3, 0.4) is 0 Å². The summed E-state index contributed by atoms with van der Waals surface area (Å²) in [6, 6.07) is 7.34. The third-order valence-corrected chi connectivity index (χ3v) is 2.37. The zero-order chi connectivity index (χ0) is 11.6. The first-order valence-electron chi connectivity index (χ1n) is 4.75. The molecule has 1 aromatic carbocycles. The molecule has 0 spiro atoms. The third kappa shape index (κ3) is 1.81. The number of hydrogen-bond donors (Lipinski definition) is 1. The molecule has 0 saturated heterocycles. The van der Waals surface area contributed by atoms with E-state index in [1.165, 1.54) is 0 Å². The van der Waals surface area contributed by atoms with E-state index in [1.807, 2.05) is 19.1 Å². The van der Waals surface area contributed by atoms with E-state index >= 15 is 0 Å². The van der Waals surface area contributed by atoms with Gasteiger partial charge in [0.05, 0.1) is 6.42 Å². The van der Waals surface area contributed by atoms with Gasteiger partial charge in [0.2, 0.25) is 5.66 Å². The Morgan fingerprint density at radius 3 is 2.31 bits per heavy atom. The smallest absolute Gasteiger partial charge is 0.308 e. The molecule has 0 bridgehead atoms. The first-order chi connectivity index (χ1) is 7.62. The SMILES string of the molecule is Cc1ccc(C2(CC(=O)O)N=NN=N2)cc1. The van der Waals surface area contributed by atoms with Crippen LogP contribution in [-0.2, 0) is 10.5 Å². The van der Waals surface area contributed by atoms with E-state index in [4.69, 9.17) is 5.11 Å². The van der Waals surface area contributed by atoms with Gasteiger partial charge in [-0.2, -0.15) is 0 Å². The Balaban J connectivity index is 2.40. The summed E-state index contributed by atoms with van der Waals surface area (Å²) in [7, 11) is 0. The second-order valence-electron chi connectivity index (χ2n) is 3.63.